The monoisotopic (exact) mass is 329 g/mol. The van der Waals surface area contributed by atoms with Gasteiger partial charge in [-0.05, 0) is 49.1 Å². The molecule has 0 amide bonds. The maximum atomic E-state index is 12.5. The molecule has 0 bridgehead atoms. The summed E-state index contributed by atoms with van der Waals surface area (Å²) >= 11 is 0. The number of allylic oxidation sites excluding steroid dienone is 1. The van der Waals surface area contributed by atoms with Gasteiger partial charge in [-0.1, -0.05) is 24.6 Å². The number of fused-ring (bicyclic) bond motifs is 3. The van der Waals surface area contributed by atoms with Crippen LogP contribution in [0.2, 0.25) is 0 Å². The number of esters is 1. The third-order valence-electron chi connectivity index (χ3n) is 5.66. The average Bonchev–Trinajstić information content (AvgIpc) is 2.60. The van der Waals surface area contributed by atoms with Crippen molar-refractivity contribution in [2.24, 2.45) is 10.6 Å². The van der Waals surface area contributed by atoms with Gasteiger partial charge in [0.15, 0.2) is 0 Å². The zero-order valence-electron chi connectivity index (χ0n) is 14.5. The molecule has 1 saturated carbocycles. The molecule has 24 heavy (non-hydrogen) atoms. The van der Waals surface area contributed by atoms with Gasteiger partial charge in [0.1, 0.15) is 11.5 Å². The summed E-state index contributed by atoms with van der Waals surface area (Å²) < 4.78 is 10.4. The summed E-state index contributed by atoms with van der Waals surface area (Å²) in [7, 11) is 3.03. The van der Waals surface area contributed by atoms with Crippen molar-refractivity contribution < 1.29 is 19.5 Å². The van der Waals surface area contributed by atoms with E-state index in [4.69, 9.17) is 9.47 Å². The van der Waals surface area contributed by atoms with Crippen LogP contribution < -0.4 is 4.74 Å². The number of hydrogen-bond acceptors (Lipinski definition) is 5. The lowest BCUT2D eigenvalue weighted by molar-refractivity contribution is -0.151. The summed E-state index contributed by atoms with van der Waals surface area (Å²) in [6.45, 7) is 4.07. The summed E-state index contributed by atoms with van der Waals surface area (Å²) in [5, 5.41) is 13.0. The van der Waals surface area contributed by atoms with E-state index < -0.39 is 5.41 Å². The number of hydrogen-bond donors (Lipinski definition) is 1. The number of rotatable bonds is 2. The predicted molar refractivity (Wildman–Crippen MR) is 90.7 cm³/mol. The van der Waals surface area contributed by atoms with Crippen molar-refractivity contribution in [1.82, 2.24) is 0 Å². The Bertz CT molecular complexity index is 752. The minimum atomic E-state index is -0.713. The molecule has 5 heteroatoms. The molecular weight excluding hydrogens is 306 g/mol. The van der Waals surface area contributed by atoms with Crippen LogP contribution in [0.5, 0.6) is 5.75 Å². The topological polar surface area (TPSA) is 68.1 Å². The van der Waals surface area contributed by atoms with Crippen molar-refractivity contribution >= 4 is 11.7 Å². The first-order chi connectivity index (χ1) is 11.4. The van der Waals surface area contributed by atoms with E-state index in [2.05, 4.69) is 12.1 Å². The molecule has 2 unspecified atom stereocenters. The van der Waals surface area contributed by atoms with Crippen molar-refractivity contribution in [3.63, 3.8) is 0 Å². The molecule has 1 N–H and O–H groups in total. The van der Waals surface area contributed by atoms with E-state index in [1.165, 1.54) is 7.11 Å². The number of nitrogens with zero attached hydrogens (tertiary/aromatic N) is 1. The highest BCUT2D eigenvalue weighted by atomic mass is 16.5. The van der Waals surface area contributed by atoms with E-state index in [1.54, 1.807) is 7.11 Å². The molecule has 0 aliphatic heterocycles. The lowest BCUT2D eigenvalue weighted by atomic mass is 9.54. The van der Waals surface area contributed by atoms with Gasteiger partial charge in [-0.3, -0.25) is 4.79 Å². The van der Waals surface area contributed by atoms with Gasteiger partial charge in [-0.2, -0.15) is 0 Å². The van der Waals surface area contributed by atoms with Crippen LogP contribution in [0.1, 0.15) is 44.2 Å². The van der Waals surface area contributed by atoms with Gasteiger partial charge in [-0.25, -0.2) is 0 Å². The second-order valence-corrected chi connectivity index (χ2v) is 6.96. The second-order valence-electron chi connectivity index (χ2n) is 6.96. The highest BCUT2D eigenvalue weighted by Gasteiger charge is 2.52. The fourth-order valence-electron chi connectivity index (χ4n) is 4.35. The lowest BCUT2D eigenvalue weighted by Crippen LogP contribution is -2.46. The molecule has 2 aliphatic rings. The van der Waals surface area contributed by atoms with E-state index in [9.17, 15) is 10.0 Å². The van der Waals surface area contributed by atoms with Crippen molar-refractivity contribution in [3.05, 3.63) is 41.0 Å². The van der Waals surface area contributed by atoms with E-state index >= 15 is 0 Å². The number of ether oxygens (including phenoxy) is 2. The van der Waals surface area contributed by atoms with E-state index in [0.717, 1.165) is 36.0 Å². The molecule has 0 heterocycles. The minimum Gasteiger partial charge on any atom is -0.497 e. The van der Waals surface area contributed by atoms with Gasteiger partial charge in [0, 0.05) is 11.0 Å². The lowest BCUT2D eigenvalue weighted by Gasteiger charge is -2.48. The van der Waals surface area contributed by atoms with Crippen molar-refractivity contribution in [1.29, 1.82) is 0 Å². The van der Waals surface area contributed by atoms with Crippen LogP contribution in [0.25, 0.3) is 0 Å². The summed E-state index contributed by atoms with van der Waals surface area (Å²) in [6.07, 6.45) is 4.43. The molecule has 128 valence electrons. The molecule has 1 fully saturated rings. The highest BCUT2D eigenvalue weighted by molar-refractivity contribution is 6.12. The van der Waals surface area contributed by atoms with Gasteiger partial charge >= 0.3 is 5.97 Å². The summed E-state index contributed by atoms with van der Waals surface area (Å²) in [6, 6.07) is 5.80. The molecule has 3 rings (SSSR count). The Morgan fingerprint density at radius 1 is 1.25 bits per heavy atom. The second kappa shape index (κ2) is 5.65. The molecule has 2 atom stereocenters. The van der Waals surface area contributed by atoms with Crippen LogP contribution >= 0.6 is 0 Å². The van der Waals surface area contributed by atoms with Gasteiger partial charge in [-0.15, -0.1) is 0 Å². The standard InChI is InChI=1S/C19H23NO4/c1-18-8-5-9-19(2,17(21)24-4)16(18)11-15(20-22)13-10-12(23-3)6-7-14(13)18/h6-7,10-11,22H,5,8-9H2,1-4H3/b20-15+. The molecule has 0 saturated heterocycles. The number of oxime groups is 1. The molecule has 2 aliphatic carbocycles. The smallest absolute Gasteiger partial charge is 0.315 e. The number of carbonyl (C=O) groups is 1. The van der Waals surface area contributed by atoms with Gasteiger partial charge in [0.2, 0.25) is 0 Å². The molecule has 1 aromatic rings. The summed E-state index contributed by atoms with van der Waals surface area (Å²) in [5.41, 5.74) is 2.30. The van der Waals surface area contributed by atoms with Crippen LogP contribution in [-0.2, 0) is 14.9 Å². The van der Waals surface area contributed by atoms with Crippen molar-refractivity contribution in [2.45, 2.75) is 38.5 Å². The van der Waals surface area contributed by atoms with E-state index in [-0.39, 0.29) is 11.4 Å². The third kappa shape index (κ3) is 2.14. The maximum absolute atomic E-state index is 12.5. The molecule has 0 aromatic heterocycles. The SMILES string of the molecule is COC(=O)C1(C)CCCC2(C)C1=C/C(=N\O)c1cc(OC)ccc12. The fourth-order valence-corrected chi connectivity index (χ4v) is 4.35. The number of methoxy groups -OCH3 is 2. The minimum absolute atomic E-state index is 0.242. The maximum Gasteiger partial charge on any atom is 0.315 e. The Balaban J connectivity index is 2.25. The first-order valence-corrected chi connectivity index (χ1v) is 8.12. The molecule has 0 spiro atoms. The van der Waals surface area contributed by atoms with Gasteiger partial charge in [0.05, 0.1) is 19.6 Å². The number of carbonyl (C=O) groups excluding carboxylic acids is 1. The normalized spacial score (nSPS) is 30.2. The Morgan fingerprint density at radius 3 is 2.62 bits per heavy atom. The Morgan fingerprint density at radius 2 is 2.00 bits per heavy atom. The van der Waals surface area contributed by atoms with Crippen molar-refractivity contribution in [2.75, 3.05) is 14.2 Å². The first kappa shape index (κ1) is 16.6. The number of benzene rings is 1. The van der Waals surface area contributed by atoms with Crippen LogP contribution in [0.3, 0.4) is 0 Å². The van der Waals surface area contributed by atoms with E-state index in [1.807, 2.05) is 31.2 Å². The van der Waals surface area contributed by atoms with Crippen molar-refractivity contribution in [3.8, 4) is 5.75 Å². The molecular formula is C19H23NO4. The summed E-state index contributed by atoms with van der Waals surface area (Å²) in [5.74, 6) is 0.468. The molecule has 5 nitrogen and oxygen atoms in total. The van der Waals surface area contributed by atoms with Gasteiger partial charge in [0.25, 0.3) is 0 Å². The zero-order valence-corrected chi connectivity index (χ0v) is 14.5. The van der Waals surface area contributed by atoms with Gasteiger partial charge < -0.3 is 14.7 Å². The Labute approximate surface area is 142 Å². The quantitative estimate of drug-likeness (QED) is 0.513. The third-order valence-corrected chi connectivity index (χ3v) is 5.66. The Hall–Kier alpha value is -2.30. The highest BCUT2D eigenvalue weighted by Crippen LogP contribution is 2.55. The first-order valence-electron chi connectivity index (χ1n) is 8.12. The van der Waals surface area contributed by atoms with Crippen LogP contribution in [0, 0.1) is 5.41 Å². The van der Waals surface area contributed by atoms with Crippen LogP contribution in [0.4, 0.5) is 0 Å². The summed E-state index contributed by atoms with van der Waals surface area (Å²) in [4.78, 5) is 12.5. The zero-order chi connectivity index (χ0) is 17.5. The molecule has 1 aromatic carbocycles. The van der Waals surface area contributed by atoms with Crippen LogP contribution in [0.15, 0.2) is 35.0 Å². The Kier molecular flexibility index (Phi) is 3.90. The largest absolute Gasteiger partial charge is 0.497 e. The predicted octanol–water partition coefficient (Wildman–Crippen LogP) is 3.43. The fraction of sp³-hybridized carbons (Fsp3) is 0.474. The van der Waals surface area contributed by atoms with E-state index in [0.29, 0.717) is 11.5 Å². The molecule has 0 radical (unpaired) electrons. The van der Waals surface area contributed by atoms with Crippen LogP contribution in [-0.4, -0.2) is 31.1 Å². The average molecular weight is 329 g/mol.